The molecule has 2 N–H and O–H groups in total. The minimum atomic E-state index is 0. The Labute approximate surface area is 187 Å². The van der Waals surface area contributed by atoms with Crippen molar-refractivity contribution in [3.05, 3.63) is 120 Å². The molecule has 2 nitrogen and oxygen atoms in total. The molecule has 0 amide bonds. The van der Waals surface area contributed by atoms with E-state index in [1.165, 1.54) is 22.3 Å². The molecule has 4 rings (SSSR count). The average Bonchev–Trinajstić information content (AvgIpc) is 2.81. The lowest BCUT2D eigenvalue weighted by molar-refractivity contribution is 0.475. The van der Waals surface area contributed by atoms with E-state index in [0.717, 1.165) is 12.8 Å². The summed E-state index contributed by atoms with van der Waals surface area (Å²) in [5.74, 6) is 0.644. The molecule has 2 heteroatoms. The van der Waals surface area contributed by atoms with Gasteiger partial charge < -0.3 is 10.2 Å². The largest absolute Gasteiger partial charge is 0.508 e. The van der Waals surface area contributed by atoms with Crippen LogP contribution in [0.15, 0.2) is 109 Å². The lowest BCUT2D eigenvalue weighted by atomic mass is 10.0. The van der Waals surface area contributed by atoms with E-state index in [4.69, 9.17) is 10.2 Å². The van der Waals surface area contributed by atoms with Crippen LogP contribution in [0.5, 0.6) is 11.5 Å². The number of hydrogen-bond acceptors (Lipinski definition) is 2. The third kappa shape index (κ3) is 9.68. The first-order valence-electron chi connectivity index (χ1n) is 10.3. The van der Waals surface area contributed by atoms with E-state index in [0.29, 0.717) is 11.5 Å². The van der Waals surface area contributed by atoms with Crippen molar-refractivity contribution in [1.29, 1.82) is 0 Å². The first-order valence-corrected chi connectivity index (χ1v) is 10.3. The Hall–Kier alpha value is -3.52. The van der Waals surface area contributed by atoms with Gasteiger partial charge in [0.1, 0.15) is 11.5 Å². The van der Waals surface area contributed by atoms with E-state index >= 15 is 0 Å². The zero-order chi connectivity index (χ0) is 21.6. The predicted octanol–water partition coefficient (Wildman–Crippen LogP) is 7.90. The number of phenolic OH excluding ortho intramolecular Hbond substituents is 2. The highest BCUT2D eigenvalue weighted by atomic mass is 16.3. The summed E-state index contributed by atoms with van der Waals surface area (Å²) in [6.07, 6.45) is 2.21. The van der Waals surface area contributed by atoms with Crippen molar-refractivity contribution >= 4 is 0 Å². The van der Waals surface area contributed by atoms with Gasteiger partial charge in [0.2, 0.25) is 0 Å². The Kier molecular flexibility index (Phi) is 11.9. The first kappa shape index (κ1) is 25.5. The molecule has 0 fully saturated rings. The SMILES string of the molecule is C.CCc1ccc(-c2ccc(CC)cc2)cc1.Oc1ccccc1.Oc1ccccc1. The van der Waals surface area contributed by atoms with Gasteiger partial charge in [-0.2, -0.15) is 0 Å². The number of hydrogen-bond donors (Lipinski definition) is 2. The summed E-state index contributed by atoms with van der Waals surface area (Å²) in [7, 11) is 0. The number of para-hydroxylation sites is 2. The van der Waals surface area contributed by atoms with Crippen molar-refractivity contribution in [3.63, 3.8) is 0 Å². The number of rotatable bonds is 3. The molecule has 0 saturated heterocycles. The minimum Gasteiger partial charge on any atom is -0.508 e. The molecule has 0 aliphatic heterocycles. The Bertz CT molecular complexity index is 862. The summed E-state index contributed by atoms with van der Waals surface area (Å²) >= 11 is 0. The van der Waals surface area contributed by atoms with Crippen molar-refractivity contribution in [1.82, 2.24) is 0 Å². The van der Waals surface area contributed by atoms with Gasteiger partial charge in [0.25, 0.3) is 0 Å². The highest BCUT2D eigenvalue weighted by molar-refractivity contribution is 5.63. The monoisotopic (exact) mass is 414 g/mol. The average molecular weight is 415 g/mol. The lowest BCUT2D eigenvalue weighted by Crippen LogP contribution is -1.83. The van der Waals surface area contributed by atoms with Crippen LogP contribution in [0, 0.1) is 0 Å². The molecular formula is C29H34O2. The summed E-state index contributed by atoms with van der Waals surface area (Å²) in [6, 6.07) is 35.1. The fourth-order valence-electron chi connectivity index (χ4n) is 2.72. The molecule has 4 aromatic rings. The fourth-order valence-corrected chi connectivity index (χ4v) is 2.72. The van der Waals surface area contributed by atoms with Gasteiger partial charge in [-0.05, 0) is 59.4 Å². The maximum absolute atomic E-state index is 8.63. The third-order valence-corrected chi connectivity index (χ3v) is 4.57. The maximum Gasteiger partial charge on any atom is 0.115 e. The Balaban J connectivity index is 0.000000266. The molecule has 4 aromatic carbocycles. The number of aromatic hydroxyl groups is 2. The molecule has 0 radical (unpaired) electrons. The number of benzene rings is 4. The van der Waals surface area contributed by atoms with Crippen LogP contribution in [0.25, 0.3) is 11.1 Å². The van der Waals surface area contributed by atoms with E-state index in [-0.39, 0.29) is 7.43 Å². The first-order chi connectivity index (χ1) is 14.6. The summed E-state index contributed by atoms with van der Waals surface area (Å²) in [5.41, 5.74) is 5.41. The molecule has 0 atom stereocenters. The van der Waals surface area contributed by atoms with Crippen molar-refractivity contribution < 1.29 is 10.2 Å². The van der Waals surface area contributed by atoms with E-state index in [1.54, 1.807) is 48.5 Å². The summed E-state index contributed by atoms with van der Waals surface area (Å²) < 4.78 is 0. The van der Waals surface area contributed by atoms with Gasteiger partial charge in [0.15, 0.2) is 0 Å². The van der Waals surface area contributed by atoms with E-state index in [1.807, 2.05) is 12.1 Å². The highest BCUT2D eigenvalue weighted by Gasteiger charge is 1.97. The van der Waals surface area contributed by atoms with Gasteiger partial charge in [-0.3, -0.25) is 0 Å². The van der Waals surface area contributed by atoms with Crippen LogP contribution in [0.3, 0.4) is 0 Å². The normalized spacial score (nSPS) is 9.23. The molecule has 0 unspecified atom stereocenters. The van der Waals surface area contributed by atoms with E-state index in [9.17, 15) is 0 Å². The van der Waals surface area contributed by atoms with Crippen molar-refractivity contribution in [2.75, 3.05) is 0 Å². The van der Waals surface area contributed by atoms with Crippen LogP contribution in [0.1, 0.15) is 32.4 Å². The van der Waals surface area contributed by atoms with E-state index in [2.05, 4.69) is 62.4 Å². The second-order valence-electron chi connectivity index (χ2n) is 6.77. The van der Waals surface area contributed by atoms with Gasteiger partial charge in [0, 0.05) is 0 Å². The van der Waals surface area contributed by atoms with Crippen molar-refractivity contribution in [2.24, 2.45) is 0 Å². The lowest BCUT2D eigenvalue weighted by Gasteiger charge is -2.04. The predicted molar refractivity (Wildman–Crippen MR) is 134 cm³/mol. The van der Waals surface area contributed by atoms with Gasteiger partial charge in [-0.25, -0.2) is 0 Å². The molecule has 0 aliphatic carbocycles. The number of aryl methyl sites for hydroxylation is 2. The van der Waals surface area contributed by atoms with Crippen LogP contribution >= 0.6 is 0 Å². The fraction of sp³-hybridized carbons (Fsp3) is 0.172. The second kappa shape index (κ2) is 14.5. The van der Waals surface area contributed by atoms with E-state index < -0.39 is 0 Å². The molecule has 0 spiro atoms. The van der Waals surface area contributed by atoms with Crippen LogP contribution in [-0.4, -0.2) is 10.2 Å². The zero-order valence-corrected chi connectivity index (χ0v) is 17.7. The second-order valence-corrected chi connectivity index (χ2v) is 6.77. The minimum absolute atomic E-state index is 0. The Morgan fingerprint density at radius 3 is 0.935 bits per heavy atom. The molecule has 0 bridgehead atoms. The van der Waals surface area contributed by atoms with Crippen LogP contribution in [-0.2, 0) is 12.8 Å². The molecule has 0 heterocycles. The van der Waals surface area contributed by atoms with Crippen molar-refractivity contribution in [3.8, 4) is 22.6 Å². The summed E-state index contributed by atoms with van der Waals surface area (Å²) in [6.45, 7) is 4.37. The van der Waals surface area contributed by atoms with Gasteiger partial charge >= 0.3 is 0 Å². The van der Waals surface area contributed by atoms with Gasteiger partial charge in [-0.15, -0.1) is 0 Å². The van der Waals surface area contributed by atoms with Gasteiger partial charge in [0.05, 0.1) is 0 Å². The van der Waals surface area contributed by atoms with Gasteiger partial charge in [-0.1, -0.05) is 106 Å². The molecular weight excluding hydrogens is 380 g/mol. The maximum atomic E-state index is 8.63. The molecule has 0 saturated carbocycles. The smallest absolute Gasteiger partial charge is 0.115 e. The van der Waals surface area contributed by atoms with Crippen LogP contribution in [0.4, 0.5) is 0 Å². The summed E-state index contributed by atoms with van der Waals surface area (Å²) in [4.78, 5) is 0. The quantitative estimate of drug-likeness (QED) is 0.358. The van der Waals surface area contributed by atoms with Crippen molar-refractivity contribution in [2.45, 2.75) is 34.1 Å². The highest BCUT2D eigenvalue weighted by Crippen LogP contribution is 2.20. The Morgan fingerprint density at radius 2 is 0.742 bits per heavy atom. The molecule has 162 valence electrons. The summed E-state index contributed by atoms with van der Waals surface area (Å²) in [5, 5.41) is 17.3. The Morgan fingerprint density at radius 1 is 0.452 bits per heavy atom. The number of phenols is 2. The topological polar surface area (TPSA) is 40.5 Å². The van der Waals surface area contributed by atoms with Crippen LogP contribution in [0.2, 0.25) is 0 Å². The zero-order valence-electron chi connectivity index (χ0n) is 17.7. The molecule has 31 heavy (non-hydrogen) atoms. The molecule has 0 aromatic heterocycles. The third-order valence-electron chi connectivity index (χ3n) is 4.57. The standard InChI is InChI=1S/C16H18.2C6H6O.CH4/c1-3-13-5-9-15(10-6-13)16-11-7-14(4-2)8-12-16;2*7-6-4-2-1-3-5-6;/h5-12H,3-4H2,1-2H3;2*1-5,7H;1H4. The molecule has 0 aliphatic rings. The van der Waals surface area contributed by atoms with Crippen LogP contribution < -0.4 is 0 Å².